The average molecular weight is 327 g/mol. The molecule has 1 aromatic carbocycles. The van der Waals surface area contributed by atoms with Crippen LogP contribution in [0.25, 0.3) is 0 Å². The Balaban J connectivity index is 2.17. The maximum Gasteiger partial charge on any atom is 0.127 e. The molecule has 3 nitrogen and oxygen atoms in total. The minimum atomic E-state index is 0.681. The molecule has 0 saturated heterocycles. The molecule has 2 N–H and O–H groups in total. The zero-order chi connectivity index (χ0) is 13.0. The molecule has 94 valence electrons. The highest BCUT2D eigenvalue weighted by molar-refractivity contribution is 9.10. The van der Waals surface area contributed by atoms with Gasteiger partial charge in [0.25, 0.3) is 0 Å². The van der Waals surface area contributed by atoms with Crippen LogP contribution in [-0.4, -0.2) is 11.5 Å². The lowest BCUT2D eigenvalue weighted by Crippen LogP contribution is -1.99. The number of nitrogens with zero attached hydrogens (tertiary/aromatic N) is 1. The standard InChI is InChI=1S/C13H13BrClN3/c1-2-16-13-8-10(5-6-17-13)18-9-3-4-11(14)12(15)7-9/h3-8H,2H2,1H3,(H2,16,17,18). The van der Waals surface area contributed by atoms with E-state index in [1.165, 1.54) is 0 Å². The topological polar surface area (TPSA) is 37.0 Å². The Morgan fingerprint density at radius 2 is 2.00 bits per heavy atom. The van der Waals surface area contributed by atoms with E-state index in [0.717, 1.165) is 28.2 Å². The largest absolute Gasteiger partial charge is 0.370 e. The van der Waals surface area contributed by atoms with Crippen LogP contribution in [-0.2, 0) is 0 Å². The van der Waals surface area contributed by atoms with Crippen molar-refractivity contribution in [1.82, 2.24) is 4.98 Å². The third-order valence-corrected chi connectivity index (χ3v) is 3.56. The summed E-state index contributed by atoms with van der Waals surface area (Å²) in [5.41, 5.74) is 1.91. The van der Waals surface area contributed by atoms with Crippen LogP contribution < -0.4 is 10.6 Å². The molecule has 0 amide bonds. The number of anilines is 3. The van der Waals surface area contributed by atoms with Gasteiger partial charge in [0.2, 0.25) is 0 Å². The maximum atomic E-state index is 6.05. The van der Waals surface area contributed by atoms with Crippen molar-refractivity contribution < 1.29 is 0 Å². The zero-order valence-corrected chi connectivity index (χ0v) is 12.2. The molecule has 1 heterocycles. The Labute approximate surface area is 120 Å². The maximum absolute atomic E-state index is 6.05. The predicted molar refractivity (Wildman–Crippen MR) is 80.8 cm³/mol. The van der Waals surface area contributed by atoms with E-state index in [-0.39, 0.29) is 0 Å². The van der Waals surface area contributed by atoms with Gasteiger partial charge in [-0.2, -0.15) is 0 Å². The number of hydrogen-bond donors (Lipinski definition) is 2. The first-order chi connectivity index (χ1) is 8.69. The van der Waals surface area contributed by atoms with Gasteiger partial charge in [-0.15, -0.1) is 0 Å². The fraction of sp³-hybridized carbons (Fsp3) is 0.154. The third kappa shape index (κ3) is 3.37. The molecule has 2 aromatic rings. The molecule has 0 radical (unpaired) electrons. The smallest absolute Gasteiger partial charge is 0.127 e. The first kappa shape index (κ1) is 13.2. The molecule has 0 fully saturated rings. The normalized spacial score (nSPS) is 10.2. The summed E-state index contributed by atoms with van der Waals surface area (Å²) in [7, 11) is 0. The highest BCUT2D eigenvalue weighted by Gasteiger charge is 2.00. The van der Waals surface area contributed by atoms with Gasteiger partial charge in [-0.05, 0) is 47.1 Å². The first-order valence-electron chi connectivity index (χ1n) is 5.61. The summed E-state index contributed by atoms with van der Waals surface area (Å²) in [5.74, 6) is 0.853. The minimum Gasteiger partial charge on any atom is -0.370 e. The van der Waals surface area contributed by atoms with Crippen LogP contribution in [0.2, 0.25) is 5.02 Å². The van der Waals surface area contributed by atoms with Crippen molar-refractivity contribution in [3.63, 3.8) is 0 Å². The summed E-state index contributed by atoms with van der Waals surface area (Å²) in [4.78, 5) is 4.22. The van der Waals surface area contributed by atoms with Crippen molar-refractivity contribution >= 4 is 44.7 Å². The second-order valence-corrected chi connectivity index (χ2v) is 4.98. The second kappa shape index (κ2) is 6.07. The van der Waals surface area contributed by atoms with Crippen molar-refractivity contribution in [2.24, 2.45) is 0 Å². The Morgan fingerprint density at radius 1 is 1.22 bits per heavy atom. The van der Waals surface area contributed by atoms with Gasteiger partial charge in [0, 0.05) is 34.7 Å². The van der Waals surface area contributed by atoms with Gasteiger partial charge in [0.05, 0.1) is 5.02 Å². The number of aromatic nitrogens is 1. The van der Waals surface area contributed by atoms with E-state index in [4.69, 9.17) is 11.6 Å². The summed E-state index contributed by atoms with van der Waals surface area (Å²) in [5, 5.41) is 7.14. The van der Waals surface area contributed by atoms with Gasteiger partial charge in [-0.25, -0.2) is 4.98 Å². The number of hydrogen-bond acceptors (Lipinski definition) is 3. The third-order valence-electron chi connectivity index (χ3n) is 2.33. The second-order valence-electron chi connectivity index (χ2n) is 3.71. The van der Waals surface area contributed by atoms with Gasteiger partial charge in [0.1, 0.15) is 5.82 Å². The molecule has 0 unspecified atom stereocenters. The molecule has 0 aliphatic rings. The lowest BCUT2D eigenvalue weighted by Gasteiger charge is -2.09. The molecule has 0 atom stereocenters. The van der Waals surface area contributed by atoms with Crippen LogP contribution in [0.5, 0.6) is 0 Å². The highest BCUT2D eigenvalue weighted by atomic mass is 79.9. The molecule has 0 spiro atoms. The van der Waals surface area contributed by atoms with Crippen LogP contribution in [0.1, 0.15) is 6.92 Å². The van der Waals surface area contributed by atoms with Gasteiger partial charge in [0.15, 0.2) is 0 Å². The van der Waals surface area contributed by atoms with E-state index < -0.39 is 0 Å². The van der Waals surface area contributed by atoms with Crippen molar-refractivity contribution in [3.8, 4) is 0 Å². The van der Waals surface area contributed by atoms with E-state index in [9.17, 15) is 0 Å². The van der Waals surface area contributed by atoms with E-state index in [1.54, 1.807) is 6.20 Å². The molecule has 2 rings (SSSR count). The van der Waals surface area contributed by atoms with Crippen LogP contribution in [0.15, 0.2) is 41.0 Å². The number of benzene rings is 1. The molecular formula is C13H13BrClN3. The molecule has 0 aliphatic carbocycles. The molecule has 1 aromatic heterocycles. The fourth-order valence-electron chi connectivity index (χ4n) is 1.53. The average Bonchev–Trinajstić information content (AvgIpc) is 2.35. The Hall–Kier alpha value is -1.26. The molecular weight excluding hydrogens is 314 g/mol. The van der Waals surface area contributed by atoms with Gasteiger partial charge in [-0.1, -0.05) is 11.6 Å². The van der Waals surface area contributed by atoms with Gasteiger partial charge in [-0.3, -0.25) is 0 Å². The zero-order valence-electron chi connectivity index (χ0n) is 9.87. The van der Waals surface area contributed by atoms with Crippen molar-refractivity contribution in [2.75, 3.05) is 17.2 Å². The fourth-order valence-corrected chi connectivity index (χ4v) is 1.95. The molecule has 0 aliphatic heterocycles. The number of halogens is 2. The van der Waals surface area contributed by atoms with Crippen LogP contribution >= 0.6 is 27.5 Å². The van der Waals surface area contributed by atoms with Crippen molar-refractivity contribution in [3.05, 3.63) is 46.0 Å². The van der Waals surface area contributed by atoms with Gasteiger partial charge >= 0.3 is 0 Å². The van der Waals surface area contributed by atoms with E-state index in [0.29, 0.717) is 5.02 Å². The molecule has 5 heteroatoms. The van der Waals surface area contributed by atoms with E-state index >= 15 is 0 Å². The van der Waals surface area contributed by atoms with Gasteiger partial charge < -0.3 is 10.6 Å². The van der Waals surface area contributed by atoms with E-state index in [1.807, 2.05) is 37.3 Å². The van der Waals surface area contributed by atoms with Crippen LogP contribution in [0.3, 0.4) is 0 Å². The van der Waals surface area contributed by atoms with Crippen LogP contribution in [0, 0.1) is 0 Å². The quantitative estimate of drug-likeness (QED) is 0.857. The van der Waals surface area contributed by atoms with Crippen LogP contribution in [0.4, 0.5) is 17.2 Å². The Kier molecular flexibility index (Phi) is 4.44. The Bertz CT molecular complexity index is 546. The summed E-state index contributed by atoms with van der Waals surface area (Å²) >= 11 is 9.42. The number of pyridine rings is 1. The first-order valence-corrected chi connectivity index (χ1v) is 6.78. The van der Waals surface area contributed by atoms with Crippen molar-refractivity contribution in [2.45, 2.75) is 6.92 Å². The molecule has 0 saturated carbocycles. The van der Waals surface area contributed by atoms with Crippen molar-refractivity contribution in [1.29, 1.82) is 0 Å². The van der Waals surface area contributed by atoms with E-state index in [2.05, 4.69) is 31.5 Å². The summed E-state index contributed by atoms with van der Waals surface area (Å²) in [6.07, 6.45) is 1.76. The molecule has 0 bridgehead atoms. The summed E-state index contributed by atoms with van der Waals surface area (Å²) in [6.45, 7) is 2.89. The Morgan fingerprint density at radius 3 is 2.72 bits per heavy atom. The lowest BCUT2D eigenvalue weighted by molar-refractivity contribution is 1.16. The highest BCUT2D eigenvalue weighted by Crippen LogP contribution is 2.27. The predicted octanol–water partition coefficient (Wildman–Crippen LogP) is 4.67. The summed E-state index contributed by atoms with van der Waals surface area (Å²) < 4.78 is 0.887. The monoisotopic (exact) mass is 325 g/mol. The summed E-state index contributed by atoms with van der Waals surface area (Å²) in [6, 6.07) is 9.62. The number of rotatable bonds is 4. The minimum absolute atomic E-state index is 0.681. The lowest BCUT2D eigenvalue weighted by atomic mass is 10.3. The number of nitrogens with one attached hydrogen (secondary N) is 2. The molecule has 18 heavy (non-hydrogen) atoms. The SMILES string of the molecule is CCNc1cc(Nc2ccc(Br)c(Cl)c2)ccn1.